The molecule has 0 aliphatic heterocycles. The lowest BCUT2D eigenvalue weighted by atomic mass is 9.97. The van der Waals surface area contributed by atoms with Gasteiger partial charge in [-0.05, 0) is 25.1 Å². The van der Waals surface area contributed by atoms with Gasteiger partial charge >= 0.3 is 6.18 Å². The number of nitrogens with zero attached hydrogens (tertiary/aromatic N) is 5. The van der Waals surface area contributed by atoms with Gasteiger partial charge in [-0.2, -0.15) is 23.4 Å². The topological polar surface area (TPSA) is 74.8 Å². The zero-order chi connectivity index (χ0) is 19.1. The molecular weight excluding hydrogens is 351 g/mol. The number of aryl methyl sites for hydroxylation is 2. The van der Waals surface area contributed by atoms with Crippen molar-refractivity contribution >= 4 is 5.78 Å². The summed E-state index contributed by atoms with van der Waals surface area (Å²) in [6, 6.07) is 3.35. The Kier molecular flexibility index (Phi) is 4.26. The van der Waals surface area contributed by atoms with E-state index in [0.29, 0.717) is 0 Å². The van der Waals surface area contributed by atoms with Gasteiger partial charge in [0.1, 0.15) is 18.2 Å². The van der Waals surface area contributed by atoms with Crippen LogP contribution in [0.15, 0.2) is 30.9 Å². The number of methoxy groups -OCH3 is 1. The SMILES string of the molecule is COc1c(C(=O)c2ccc(-n3cncn3)cc2C(F)(F)F)c(C)nn1C. The molecule has 0 amide bonds. The fourth-order valence-corrected chi connectivity index (χ4v) is 2.72. The zero-order valence-corrected chi connectivity index (χ0v) is 14.1. The predicted octanol–water partition coefficient (Wildman–Crippen LogP) is 2.57. The second kappa shape index (κ2) is 6.28. The summed E-state index contributed by atoms with van der Waals surface area (Å²) in [6.07, 6.45) is -2.26. The first-order valence-corrected chi connectivity index (χ1v) is 7.42. The number of rotatable bonds is 4. The molecule has 1 aromatic carbocycles. The minimum Gasteiger partial charge on any atom is -0.481 e. The molecule has 0 saturated heterocycles. The molecule has 10 heteroatoms. The molecule has 7 nitrogen and oxygen atoms in total. The molecule has 0 fully saturated rings. The first kappa shape index (κ1) is 17.6. The highest BCUT2D eigenvalue weighted by Crippen LogP contribution is 2.36. The van der Waals surface area contributed by atoms with Gasteiger partial charge in [0.05, 0.1) is 24.1 Å². The summed E-state index contributed by atoms with van der Waals surface area (Å²) >= 11 is 0. The van der Waals surface area contributed by atoms with Crippen molar-refractivity contribution in [1.82, 2.24) is 24.5 Å². The van der Waals surface area contributed by atoms with Crippen LogP contribution in [-0.2, 0) is 13.2 Å². The monoisotopic (exact) mass is 365 g/mol. The smallest absolute Gasteiger partial charge is 0.417 e. The highest BCUT2D eigenvalue weighted by Gasteiger charge is 2.37. The first-order chi connectivity index (χ1) is 12.2. The fraction of sp³-hybridized carbons (Fsp3) is 0.250. The number of hydrogen-bond acceptors (Lipinski definition) is 5. The zero-order valence-electron chi connectivity index (χ0n) is 14.1. The van der Waals surface area contributed by atoms with Crippen LogP contribution in [0, 0.1) is 6.92 Å². The van der Waals surface area contributed by atoms with Gasteiger partial charge in [0.25, 0.3) is 0 Å². The van der Waals surface area contributed by atoms with Crippen LogP contribution in [0.5, 0.6) is 5.88 Å². The van der Waals surface area contributed by atoms with Crippen molar-refractivity contribution in [1.29, 1.82) is 0 Å². The Morgan fingerprint density at radius 3 is 2.58 bits per heavy atom. The van der Waals surface area contributed by atoms with Crippen molar-refractivity contribution < 1.29 is 22.7 Å². The highest BCUT2D eigenvalue weighted by molar-refractivity contribution is 6.12. The van der Waals surface area contributed by atoms with E-state index < -0.39 is 23.1 Å². The quantitative estimate of drug-likeness (QED) is 0.665. The maximum Gasteiger partial charge on any atom is 0.417 e. The summed E-state index contributed by atoms with van der Waals surface area (Å²) in [5.41, 5.74) is -1.14. The minimum absolute atomic E-state index is 0.00555. The summed E-state index contributed by atoms with van der Waals surface area (Å²) in [4.78, 5) is 16.6. The number of alkyl halides is 3. The lowest BCUT2D eigenvalue weighted by molar-refractivity contribution is -0.137. The Labute approximate surface area is 146 Å². The van der Waals surface area contributed by atoms with Gasteiger partial charge in [-0.25, -0.2) is 14.3 Å². The number of ether oxygens (including phenoxy) is 1. The summed E-state index contributed by atoms with van der Waals surface area (Å²) in [7, 11) is 2.87. The molecule has 0 atom stereocenters. The molecule has 0 radical (unpaired) electrons. The Balaban J connectivity index is 2.17. The van der Waals surface area contributed by atoms with Crippen molar-refractivity contribution in [2.24, 2.45) is 7.05 Å². The minimum atomic E-state index is -4.73. The van der Waals surface area contributed by atoms with Gasteiger partial charge in [0.2, 0.25) is 11.7 Å². The maximum absolute atomic E-state index is 13.6. The van der Waals surface area contributed by atoms with E-state index in [9.17, 15) is 18.0 Å². The van der Waals surface area contributed by atoms with Crippen LogP contribution in [0.4, 0.5) is 13.2 Å². The average Bonchev–Trinajstić information content (AvgIpc) is 3.20. The van der Waals surface area contributed by atoms with Crippen molar-refractivity contribution in [2.45, 2.75) is 13.1 Å². The third kappa shape index (κ3) is 2.93. The Morgan fingerprint density at radius 1 is 1.27 bits per heavy atom. The molecule has 0 spiro atoms. The van der Waals surface area contributed by atoms with Crippen molar-refractivity contribution in [2.75, 3.05) is 7.11 Å². The van der Waals surface area contributed by atoms with Crippen molar-refractivity contribution in [3.05, 3.63) is 53.2 Å². The van der Waals surface area contributed by atoms with Crippen LogP contribution in [0.2, 0.25) is 0 Å². The molecule has 0 aliphatic rings. The lowest BCUT2D eigenvalue weighted by Crippen LogP contribution is -2.16. The Hall–Kier alpha value is -3.17. The van der Waals surface area contributed by atoms with E-state index in [2.05, 4.69) is 15.2 Å². The van der Waals surface area contributed by atoms with E-state index in [0.717, 1.165) is 12.1 Å². The molecule has 3 rings (SSSR count). The summed E-state index contributed by atoms with van der Waals surface area (Å²) in [5, 5.41) is 7.85. The number of ketones is 1. The standard InChI is InChI=1S/C16H14F3N5O2/c1-9-13(15(26-3)23(2)22-9)14(25)11-5-4-10(24-8-20-7-21-24)6-12(11)16(17,18)19/h4-8H,1-3H3. The van der Waals surface area contributed by atoms with Crippen LogP contribution < -0.4 is 4.74 Å². The van der Waals surface area contributed by atoms with Crippen LogP contribution in [-0.4, -0.2) is 37.4 Å². The summed E-state index contributed by atoms with van der Waals surface area (Å²) < 4.78 is 48.4. The van der Waals surface area contributed by atoms with Gasteiger partial charge in [0, 0.05) is 12.6 Å². The number of halogens is 3. The number of carbonyl (C=O) groups is 1. The largest absolute Gasteiger partial charge is 0.481 e. The molecular formula is C16H14F3N5O2. The normalized spacial score (nSPS) is 11.6. The van der Waals surface area contributed by atoms with Crippen LogP contribution >= 0.6 is 0 Å². The first-order valence-electron chi connectivity index (χ1n) is 7.42. The molecule has 0 saturated carbocycles. The number of hydrogen-bond donors (Lipinski definition) is 0. The molecule has 2 heterocycles. The van der Waals surface area contributed by atoms with E-state index in [4.69, 9.17) is 4.74 Å². The number of aromatic nitrogens is 5. The highest BCUT2D eigenvalue weighted by atomic mass is 19.4. The third-order valence-electron chi connectivity index (χ3n) is 3.83. The number of carbonyl (C=O) groups excluding carboxylic acids is 1. The fourth-order valence-electron chi connectivity index (χ4n) is 2.72. The van der Waals surface area contributed by atoms with E-state index in [1.807, 2.05) is 0 Å². The van der Waals surface area contributed by atoms with E-state index in [1.54, 1.807) is 7.05 Å². The van der Waals surface area contributed by atoms with E-state index in [1.165, 1.54) is 42.1 Å². The average molecular weight is 365 g/mol. The molecule has 0 unspecified atom stereocenters. The van der Waals surface area contributed by atoms with Gasteiger partial charge in [-0.1, -0.05) is 0 Å². The Morgan fingerprint density at radius 2 is 2.00 bits per heavy atom. The van der Waals surface area contributed by atoms with Crippen LogP contribution in [0.25, 0.3) is 5.69 Å². The molecule has 0 aliphatic carbocycles. The third-order valence-corrected chi connectivity index (χ3v) is 3.83. The second-order valence-corrected chi connectivity index (χ2v) is 5.49. The van der Waals surface area contributed by atoms with E-state index >= 15 is 0 Å². The Bertz CT molecular complexity index is 961. The molecule has 3 aromatic rings. The summed E-state index contributed by atoms with van der Waals surface area (Å²) in [5.74, 6) is -0.717. The molecule has 2 aromatic heterocycles. The van der Waals surface area contributed by atoms with Crippen molar-refractivity contribution in [3.8, 4) is 11.6 Å². The second-order valence-electron chi connectivity index (χ2n) is 5.49. The van der Waals surface area contributed by atoms with Crippen LogP contribution in [0.1, 0.15) is 27.2 Å². The van der Waals surface area contributed by atoms with Crippen LogP contribution in [0.3, 0.4) is 0 Å². The predicted molar refractivity (Wildman–Crippen MR) is 84.3 cm³/mol. The lowest BCUT2D eigenvalue weighted by Gasteiger charge is -2.14. The molecule has 0 bridgehead atoms. The van der Waals surface area contributed by atoms with E-state index in [-0.39, 0.29) is 22.8 Å². The van der Waals surface area contributed by atoms with Gasteiger partial charge < -0.3 is 4.74 Å². The molecule has 136 valence electrons. The maximum atomic E-state index is 13.6. The number of benzene rings is 1. The molecule has 26 heavy (non-hydrogen) atoms. The molecule has 0 N–H and O–H groups in total. The van der Waals surface area contributed by atoms with Gasteiger partial charge in [-0.3, -0.25) is 4.79 Å². The van der Waals surface area contributed by atoms with Crippen molar-refractivity contribution in [3.63, 3.8) is 0 Å². The summed E-state index contributed by atoms with van der Waals surface area (Å²) in [6.45, 7) is 1.53. The van der Waals surface area contributed by atoms with Gasteiger partial charge in [0.15, 0.2) is 0 Å². The van der Waals surface area contributed by atoms with Gasteiger partial charge in [-0.15, -0.1) is 0 Å².